The molecule has 2 saturated carbocycles. The molecule has 2 saturated heterocycles. The van der Waals surface area contributed by atoms with Gasteiger partial charge >= 0.3 is 0 Å². The first-order chi connectivity index (χ1) is 9.79. The van der Waals surface area contributed by atoms with E-state index in [1.165, 1.54) is 70.6 Å². The SMILES string of the molecule is CN1C2CCCC1CC(NC1CCCC(C3CC3)C1)C2. The summed E-state index contributed by atoms with van der Waals surface area (Å²) in [6.07, 6.45) is 16.2. The van der Waals surface area contributed by atoms with Crippen molar-refractivity contribution < 1.29 is 0 Å². The lowest BCUT2D eigenvalue weighted by Gasteiger charge is -2.48. The van der Waals surface area contributed by atoms with Gasteiger partial charge in [0.25, 0.3) is 0 Å². The number of fused-ring (bicyclic) bond motifs is 2. The summed E-state index contributed by atoms with van der Waals surface area (Å²) in [6, 6.07) is 3.43. The maximum absolute atomic E-state index is 4.09. The Bertz CT molecular complexity index is 324. The van der Waals surface area contributed by atoms with E-state index in [0.717, 1.165) is 36.0 Å². The van der Waals surface area contributed by atoms with Crippen LogP contribution in [0.15, 0.2) is 0 Å². The van der Waals surface area contributed by atoms with Gasteiger partial charge in [0, 0.05) is 24.2 Å². The lowest BCUT2D eigenvalue weighted by atomic mass is 9.79. The second-order valence-corrected chi connectivity index (χ2v) is 8.20. The molecule has 2 bridgehead atoms. The van der Waals surface area contributed by atoms with Gasteiger partial charge < -0.3 is 10.2 Å². The summed E-state index contributed by atoms with van der Waals surface area (Å²) in [5.41, 5.74) is 0. The van der Waals surface area contributed by atoms with Gasteiger partial charge in [-0.2, -0.15) is 0 Å². The van der Waals surface area contributed by atoms with Crippen LogP contribution in [0.3, 0.4) is 0 Å². The molecule has 0 radical (unpaired) electrons. The van der Waals surface area contributed by atoms with Crippen molar-refractivity contribution in [1.82, 2.24) is 10.2 Å². The summed E-state index contributed by atoms with van der Waals surface area (Å²) >= 11 is 0. The molecule has 2 nitrogen and oxygen atoms in total. The maximum atomic E-state index is 4.09. The Labute approximate surface area is 124 Å². The first kappa shape index (κ1) is 13.6. The highest BCUT2D eigenvalue weighted by Crippen LogP contribution is 2.44. The van der Waals surface area contributed by atoms with Crippen molar-refractivity contribution in [2.75, 3.05) is 7.05 Å². The van der Waals surface area contributed by atoms with Crippen molar-refractivity contribution in [2.45, 2.75) is 94.8 Å². The van der Waals surface area contributed by atoms with Crippen LogP contribution in [0.1, 0.15) is 70.6 Å². The summed E-state index contributed by atoms with van der Waals surface area (Å²) in [4.78, 5) is 2.69. The number of nitrogens with one attached hydrogen (secondary N) is 1. The second kappa shape index (κ2) is 5.61. The van der Waals surface area contributed by atoms with Crippen LogP contribution in [0, 0.1) is 11.8 Å². The molecule has 0 aromatic rings. The van der Waals surface area contributed by atoms with E-state index in [9.17, 15) is 0 Å². The Hall–Kier alpha value is -0.0800. The summed E-state index contributed by atoms with van der Waals surface area (Å²) < 4.78 is 0. The zero-order valence-electron chi connectivity index (χ0n) is 13.2. The molecule has 114 valence electrons. The van der Waals surface area contributed by atoms with E-state index < -0.39 is 0 Å². The molecule has 0 aromatic carbocycles. The average Bonchev–Trinajstić information content (AvgIpc) is 3.25. The van der Waals surface area contributed by atoms with Gasteiger partial charge in [-0.15, -0.1) is 0 Å². The normalized spacial score (nSPS) is 46.4. The maximum Gasteiger partial charge on any atom is 0.0110 e. The topological polar surface area (TPSA) is 15.3 Å². The van der Waals surface area contributed by atoms with Gasteiger partial charge in [0.15, 0.2) is 0 Å². The molecule has 4 rings (SSSR count). The minimum Gasteiger partial charge on any atom is -0.311 e. The van der Waals surface area contributed by atoms with E-state index >= 15 is 0 Å². The van der Waals surface area contributed by atoms with Crippen molar-refractivity contribution in [3.8, 4) is 0 Å². The van der Waals surface area contributed by atoms with E-state index in [1.807, 2.05) is 0 Å². The highest BCUT2D eigenvalue weighted by Gasteiger charge is 2.38. The molecule has 4 aliphatic rings. The first-order valence-electron chi connectivity index (χ1n) is 9.27. The predicted molar refractivity (Wildman–Crippen MR) is 83.8 cm³/mol. The van der Waals surface area contributed by atoms with Crippen molar-refractivity contribution in [3.63, 3.8) is 0 Å². The third kappa shape index (κ3) is 2.78. The molecule has 0 spiro atoms. The van der Waals surface area contributed by atoms with Gasteiger partial charge in [0.2, 0.25) is 0 Å². The van der Waals surface area contributed by atoms with Crippen LogP contribution in [-0.2, 0) is 0 Å². The molecule has 2 heteroatoms. The van der Waals surface area contributed by atoms with Gasteiger partial charge in [-0.25, -0.2) is 0 Å². The largest absolute Gasteiger partial charge is 0.311 e. The van der Waals surface area contributed by atoms with E-state index in [1.54, 1.807) is 0 Å². The van der Waals surface area contributed by atoms with Gasteiger partial charge in [-0.1, -0.05) is 19.3 Å². The fourth-order valence-electron chi connectivity index (χ4n) is 5.46. The third-order valence-electron chi connectivity index (χ3n) is 6.81. The van der Waals surface area contributed by atoms with Crippen molar-refractivity contribution in [1.29, 1.82) is 0 Å². The second-order valence-electron chi connectivity index (χ2n) is 8.20. The van der Waals surface area contributed by atoms with Gasteiger partial charge in [0.05, 0.1) is 0 Å². The molecule has 4 fully saturated rings. The minimum atomic E-state index is 0.824. The highest BCUT2D eigenvalue weighted by molar-refractivity contribution is 4.96. The molecule has 2 aliphatic carbocycles. The Morgan fingerprint density at radius 1 is 0.700 bits per heavy atom. The Morgan fingerprint density at radius 2 is 1.40 bits per heavy atom. The van der Waals surface area contributed by atoms with Crippen LogP contribution < -0.4 is 5.32 Å². The monoisotopic (exact) mass is 276 g/mol. The standard InChI is InChI=1S/C18H32N2/c1-20-17-6-3-7-18(20)12-16(11-17)19-15-5-2-4-14(10-15)13-8-9-13/h13-19H,2-12H2,1H3. The van der Waals surface area contributed by atoms with Crippen LogP contribution in [0.5, 0.6) is 0 Å². The number of piperidine rings is 2. The first-order valence-corrected chi connectivity index (χ1v) is 9.27. The van der Waals surface area contributed by atoms with Gasteiger partial charge in [-0.05, 0) is 70.3 Å². The lowest BCUT2D eigenvalue weighted by Crippen LogP contribution is -2.56. The summed E-state index contributed by atoms with van der Waals surface area (Å²) in [6.45, 7) is 0. The van der Waals surface area contributed by atoms with Gasteiger partial charge in [-0.3, -0.25) is 0 Å². The summed E-state index contributed by atoms with van der Waals surface area (Å²) in [5, 5.41) is 4.09. The molecule has 1 N–H and O–H groups in total. The Morgan fingerprint density at radius 3 is 2.10 bits per heavy atom. The number of hydrogen-bond donors (Lipinski definition) is 1. The molecule has 4 unspecified atom stereocenters. The Kier molecular flexibility index (Phi) is 3.80. The number of rotatable bonds is 3. The van der Waals surface area contributed by atoms with Crippen LogP contribution in [0.4, 0.5) is 0 Å². The zero-order valence-corrected chi connectivity index (χ0v) is 13.2. The molecular weight excluding hydrogens is 244 g/mol. The van der Waals surface area contributed by atoms with Crippen LogP contribution in [-0.4, -0.2) is 36.1 Å². The molecule has 0 aromatic heterocycles. The van der Waals surface area contributed by atoms with E-state index in [0.29, 0.717) is 0 Å². The van der Waals surface area contributed by atoms with Crippen molar-refractivity contribution in [2.24, 2.45) is 11.8 Å². The molecular formula is C18H32N2. The van der Waals surface area contributed by atoms with Crippen LogP contribution in [0.25, 0.3) is 0 Å². The predicted octanol–water partition coefficient (Wildman–Crippen LogP) is 3.56. The molecule has 2 aliphatic heterocycles. The van der Waals surface area contributed by atoms with E-state index in [2.05, 4.69) is 17.3 Å². The smallest absolute Gasteiger partial charge is 0.0110 e. The fourth-order valence-corrected chi connectivity index (χ4v) is 5.46. The van der Waals surface area contributed by atoms with Crippen LogP contribution >= 0.6 is 0 Å². The molecule has 2 heterocycles. The average molecular weight is 276 g/mol. The van der Waals surface area contributed by atoms with E-state index in [4.69, 9.17) is 0 Å². The van der Waals surface area contributed by atoms with Crippen LogP contribution in [0.2, 0.25) is 0 Å². The fraction of sp³-hybridized carbons (Fsp3) is 1.00. The van der Waals surface area contributed by atoms with E-state index in [-0.39, 0.29) is 0 Å². The van der Waals surface area contributed by atoms with Gasteiger partial charge in [0.1, 0.15) is 0 Å². The number of nitrogens with zero attached hydrogens (tertiary/aromatic N) is 1. The summed E-state index contributed by atoms with van der Waals surface area (Å²) in [7, 11) is 2.37. The molecule has 0 amide bonds. The quantitative estimate of drug-likeness (QED) is 0.848. The zero-order chi connectivity index (χ0) is 13.5. The third-order valence-corrected chi connectivity index (χ3v) is 6.81. The summed E-state index contributed by atoms with van der Waals surface area (Å²) in [5.74, 6) is 2.20. The molecule has 4 atom stereocenters. The number of hydrogen-bond acceptors (Lipinski definition) is 2. The highest BCUT2D eigenvalue weighted by atomic mass is 15.2. The van der Waals surface area contributed by atoms with Crippen molar-refractivity contribution >= 4 is 0 Å². The lowest BCUT2D eigenvalue weighted by molar-refractivity contribution is 0.0431. The molecule has 20 heavy (non-hydrogen) atoms. The minimum absolute atomic E-state index is 0.824. The Balaban J connectivity index is 1.32. The van der Waals surface area contributed by atoms with Crippen molar-refractivity contribution in [3.05, 3.63) is 0 Å².